The van der Waals surface area contributed by atoms with E-state index in [-0.39, 0.29) is 18.0 Å². The van der Waals surface area contributed by atoms with E-state index < -0.39 is 0 Å². The van der Waals surface area contributed by atoms with Crippen LogP contribution in [0.3, 0.4) is 0 Å². The Morgan fingerprint density at radius 2 is 1.97 bits per heavy atom. The van der Waals surface area contributed by atoms with Gasteiger partial charge in [0.2, 0.25) is 5.91 Å². The van der Waals surface area contributed by atoms with Gasteiger partial charge in [-0.1, -0.05) is 6.07 Å². The molecule has 6 nitrogen and oxygen atoms in total. The lowest BCUT2D eigenvalue weighted by Crippen LogP contribution is -2.30. The predicted octanol–water partition coefficient (Wildman–Crippen LogP) is 4.04. The molecule has 148 valence electrons. The van der Waals surface area contributed by atoms with Crippen molar-refractivity contribution in [1.82, 2.24) is 14.9 Å². The number of aromatic nitrogens is 2. The van der Waals surface area contributed by atoms with E-state index in [2.05, 4.69) is 50.3 Å². The molecule has 3 aromatic rings. The van der Waals surface area contributed by atoms with Gasteiger partial charge in [-0.3, -0.25) is 9.78 Å². The normalized spacial score (nSPS) is 18.6. The van der Waals surface area contributed by atoms with Crippen LogP contribution in [0.25, 0.3) is 0 Å². The predicted molar refractivity (Wildman–Crippen MR) is 119 cm³/mol. The number of rotatable bonds is 5. The Morgan fingerprint density at radius 3 is 2.62 bits per heavy atom. The molecular weight excluding hydrogens is 382 g/mol. The number of hydrogen-bond donors (Lipinski definition) is 2. The van der Waals surface area contributed by atoms with Gasteiger partial charge in [0.1, 0.15) is 6.04 Å². The maximum absolute atomic E-state index is 11.3. The van der Waals surface area contributed by atoms with E-state index in [0.29, 0.717) is 5.11 Å². The summed E-state index contributed by atoms with van der Waals surface area (Å²) in [7, 11) is 0. The Kier molecular flexibility index (Phi) is 5.31. The lowest BCUT2D eigenvalue weighted by molar-refractivity contribution is -0.114. The van der Waals surface area contributed by atoms with Crippen LogP contribution in [0, 0.1) is 0 Å². The Morgan fingerprint density at radius 1 is 1.17 bits per heavy atom. The first-order chi connectivity index (χ1) is 14.1. The molecule has 1 aliphatic heterocycles. The number of hydrogen-bond acceptors (Lipinski definition) is 3. The van der Waals surface area contributed by atoms with Crippen LogP contribution in [0.2, 0.25) is 0 Å². The van der Waals surface area contributed by atoms with Crippen LogP contribution >= 0.6 is 12.2 Å². The van der Waals surface area contributed by atoms with E-state index in [4.69, 9.17) is 12.2 Å². The molecule has 2 aromatic heterocycles. The van der Waals surface area contributed by atoms with Gasteiger partial charge in [-0.25, -0.2) is 0 Å². The van der Waals surface area contributed by atoms with Gasteiger partial charge in [-0.15, -0.1) is 0 Å². The SMILES string of the molecule is CCn1cccc1[C@H]1[C@@H](c2ccccn2)NC(=S)N1c1ccc(NC(C)=O)cc1. The molecule has 0 unspecified atom stereocenters. The Bertz CT molecular complexity index is 1020. The molecule has 2 atom stereocenters. The molecule has 1 aromatic carbocycles. The van der Waals surface area contributed by atoms with Crippen LogP contribution in [-0.4, -0.2) is 20.6 Å². The minimum atomic E-state index is -0.0926. The van der Waals surface area contributed by atoms with Gasteiger partial charge in [0.05, 0.1) is 11.7 Å². The van der Waals surface area contributed by atoms with Crippen LogP contribution < -0.4 is 15.5 Å². The summed E-state index contributed by atoms with van der Waals surface area (Å²) in [6.07, 6.45) is 3.89. The summed E-state index contributed by atoms with van der Waals surface area (Å²) in [5.41, 5.74) is 3.83. The molecule has 0 saturated carbocycles. The number of aryl methyl sites for hydroxylation is 1. The minimum Gasteiger partial charge on any atom is -0.351 e. The highest BCUT2D eigenvalue weighted by molar-refractivity contribution is 7.80. The summed E-state index contributed by atoms with van der Waals surface area (Å²) in [5, 5.41) is 6.93. The van der Waals surface area contributed by atoms with Gasteiger partial charge in [-0.05, 0) is 67.7 Å². The summed E-state index contributed by atoms with van der Waals surface area (Å²) < 4.78 is 2.23. The smallest absolute Gasteiger partial charge is 0.221 e. The average molecular weight is 406 g/mol. The van der Waals surface area contributed by atoms with E-state index in [9.17, 15) is 4.79 Å². The number of nitrogens with zero attached hydrogens (tertiary/aromatic N) is 3. The van der Waals surface area contributed by atoms with Crippen molar-refractivity contribution in [1.29, 1.82) is 0 Å². The van der Waals surface area contributed by atoms with Gasteiger partial charge in [0.15, 0.2) is 5.11 Å². The summed E-state index contributed by atoms with van der Waals surface area (Å²) in [5.74, 6) is -0.0926. The Balaban J connectivity index is 1.77. The Hall–Kier alpha value is -3.19. The van der Waals surface area contributed by atoms with Crippen molar-refractivity contribution in [3.05, 3.63) is 78.4 Å². The van der Waals surface area contributed by atoms with E-state index in [1.54, 1.807) is 6.20 Å². The second-order valence-corrected chi connectivity index (χ2v) is 7.33. The monoisotopic (exact) mass is 405 g/mol. The van der Waals surface area contributed by atoms with Crippen LogP contribution in [0.5, 0.6) is 0 Å². The largest absolute Gasteiger partial charge is 0.351 e. The van der Waals surface area contributed by atoms with Crippen LogP contribution in [0.15, 0.2) is 67.0 Å². The number of nitrogens with one attached hydrogen (secondary N) is 2. The molecular formula is C22H23N5OS. The van der Waals surface area contributed by atoms with Gasteiger partial charge >= 0.3 is 0 Å². The lowest BCUT2D eigenvalue weighted by Gasteiger charge is -2.29. The van der Waals surface area contributed by atoms with Crippen molar-refractivity contribution in [2.24, 2.45) is 0 Å². The zero-order chi connectivity index (χ0) is 20.4. The molecule has 1 saturated heterocycles. The van der Waals surface area contributed by atoms with Crippen molar-refractivity contribution in [2.75, 3.05) is 10.2 Å². The number of thiocarbonyl (C=S) groups is 1. The number of carbonyl (C=O) groups is 1. The van der Waals surface area contributed by atoms with Crippen molar-refractivity contribution in [2.45, 2.75) is 32.5 Å². The maximum atomic E-state index is 11.3. The van der Waals surface area contributed by atoms with E-state index in [0.717, 1.165) is 23.6 Å². The first kappa shape index (κ1) is 19.1. The van der Waals surface area contributed by atoms with Gasteiger partial charge in [0.25, 0.3) is 0 Å². The molecule has 1 aliphatic rings. The molecule has 29 heavy (non-hydrogen) atoms. The Labute approximate surface area is 175 Å². The van der Waals surface area contributed by atoms with Crippen molar-refractivity contribution < 1.29 is 4.79 Å². The van der Waals surface area contributed by atoms with Crippen LogP contribution in [0.4, 0.5) is 11.4 Å². The molecule has 0 aliphatic carbocycles. The summed E-state index contributed by atoms with van der Waals surface area (Å²) in [6, 6.07) is 17.8. The fourth-order valence-corrected chi connectivity index (χ4v) is 4.17. The number of amides is 1. The zero-order valence-electron chi connectivity index (χ0n) is 16.4. The standard InChI is InChI=1S/C22H23N5OS/c1-3-26-14-6-8-19(26)21-20(18-7-4-5-13-23-18)25-22(29)27(21)17-11-9-16(10-12-17)24-15(2)28/h4-14,20-21H,3H2,1-2H3,(H,24,28)(H,25,29)/t20-,21+/m1/s1. The van der Waals surface area contributed by atoms with E-state index in [1.807, 2.05) is 42.5 Å². The molecule has 1 amide bonds. The maximum Gasteiger partial charge on any atom is 0.221 e. The summed E-state index contributed by atoms with van der Waals surface area (Å²) >= 11 is 5.74. The molecule has 2 N–H and O–H groups in total. The first-order valence-electron chi connectivity index (χ1n) is 9.62. The van der Waals surface area contributed by atoms with Crippen molar-refractivity contribution in [3.63, 3.8) is 0 Å². The molecule has 0 spiro atoms. The third-order valence-corrected chi connectivity index (χ3v) is 5.39. The quantitative estimate of drug-likeness (QED) is 0.628. The molecule has 4 rings (SSSR count). The van der Waals surface area contributed by atoms with Crippen LogP contribution in [0.1, 0.15) is 37.3 Å². The number of benzene rings is 1. The molecule has 1 fully saturated rings. The highest BCUT2D eigenvalue weighted by atomic mass is 32.1. The third-order valence-electron chi connectivity index (χ3n) is 5.07. The molecule has 0 bridgehead atoms. The average Bonchev–Trinajstić information content (AvgIpc) is 3.32. The summed E-state index contributed by atoms with van der Waals surface area (Å²) in [6.45, 7) is 4.50. The number of carbonyl (C=O) groups excluding carboxylic acids is 1. The van der Waals surface area contributed by atoms with Gasteiger partial charge < -0.3 is 20.1 Å². The van der Waals surface area contributed by atoms with Crippen LogP contribution in [-0.2, 0) is 11.3 Å². The molecule has 7 heteroatoms. The number of anilines is 2. The van der Waals surface area contributed by atoms with Gasteiger partial charge in [0, 0.05) is 42.9 Å². The topological polar surface area (TPSA) is 62.2 Å². The molecule has 0 radical (unpaired) electrons. The highest BCUT2D eigenvalue weighted by Gasteiger charge is 2.41. The minimum absolute atomic E-state index is 0.0426. The number of pyridine rings is 1. The second-order valence-electron chi connectivity index (χ2n) is 6.94. The third kappa shape index (κ3) is 3.73. The zero-order valence-corrected chi connectivity index (χ0v) is 17.2. The second kappa shape index (κ2) is 8.05. The highest BCUT2D eigenvalue weighted by Crippen LogP contribution is 2.41. The lowest BCUT2D eigenvalue weighted by atomic mass is 10.0. The van der Waals surface area contributed by atoms with Gasteiger partial charge in [-0.2, -0.15) is 0 Å². The fraction of sp³-hybridized carbons (Fsp3) is 0.227. The molecule has 3 heterocycles. The summed E-state index contributed by atoms with van der Waals surface area (Å²) in [4.78, 5) is 18.0. The van der Waals surface area contributed by atoms with E-state index in [1.165, 1.54) is 12.6 Å². The van der Waals surface area contributed by atoms with E-state index >= 15 is 0 Å². The van der Waals surface area contributed by atoms with Crippen molar-refractivity contribution in [3.8, 4) is 0 Å². The first-order valence-corrected chi connectivity index (χ1v) is 10.0. The fourth-order valence-electron chi connectivity index (χ4n) is 3.83. The van der Waals surface area contributed by atoms with Crippen molar-refractivity contribution >= 4 is 34.6 Å².